The SMILES string of the molecule is CCCn1nncc1C(=O)c1cc(Br)ccc1Cl. The Morgan fingerprint density at radius 1 is 1.50 bits per heavy atom. The molecule has 2 aromatic rings. The van der Waals surface area contributed by atoms with Crippen molar-refractivity contribution in [2.75, 3.05) is 0 Å². The second kappa shape index (κ2) is 5.63. The molecule has 94 valence electrons. The molecule has 0 bridgehead atoms. The van der Waals surface area contributed by atoms with Crippen LogP contribution in [0.2, 0.25) is 5.02 Å². The molecule has 0 aliphatic heterocycles. The minimum Gasteiger partial charge on any atom is -0.287 e. The van der Waals surface area contributed by atoms with Gasteiger partial charge in [-0.25, -0.2) is 4.68 Å². The van der Waals surface area contributed by atoms with Crippen LogP contribution in [0.5, 0.6) is 0 Å². The first-order valence-corrected chi connectivity index (χ1v) is 6.68. The van der Waals surface area contributed by atoms with Crippen LogP contribution in [-0.2, 0) is 6.54 Å². The highest BCUT2D eigenvalue weighted by molar-refractivity contribution is 9.10. The monoisotopic (exact) mass is 327 g/mol. The fourth-order valence-electron chi connectivity index (χ4n) is 1.62. The van der Waals surface area contributed by atoms with Gasteiger partial charge in [0.05, 0.1) is 11.2 Å². The molecule has 1 aromatic heterocycles. The molecule has 1 heterocycles. The zero-order chi connectivity index (χ0) is 13.1. The highest BCUT2D eigenvalue weighted by Crippen LogP contribution is 2.23. The largest absolute Gasteiger partial charge is 0.287 e. The normalized spacial score (nSPS) is 10.6. The number of halogens is 2. The first-order chi connectivity index (χ1) is 8.63. The number of nitrogens with zero attached hydrogens (tertiary/aromatic N) is 3. The minimum atomic E-state index is -0.167. The van der Waals surface area contributed by atoms with Gasteiger partial charge in [0.15, 0.2) is 0 Å². The molecule has 0 saturated heterocycles. The summed E-state index contributed by atoms with van der Waals surface area (Å²) in [5.74, 6) is -0.167. The van der Waals surface area contributed by atoms with Crippen LogP contribution in [0.4, 0.5) is 0 Å². The Morgan fingerprint density at radius 3 is 3.00 bits per heavy atom. The molecule has 0 atom stereocenters. The predicted octanol–water partition coefficient (Wildman–Crippen LogP) is 3.34. The summed E-state index contributed by atoms with van der Waals surface area (Å²) in [5.41, 5.74) is 0.905. The number of aryl methyl sites for hydroxylation is 1. The molecule has 0 radical (unpaired) electrons. The van der Waals surface area contributed by atoms with E-state index in [1.807, 2.05) is 6.92 Å². The number of rotatable bonds is 4. The van der Waals surface area contributed by atoms with E-state index in [0.717, 1.165) is 10.9 Å². The van der Waals surface area contributed by atoms with Gasteiger partial charge in [-0.05, 0) is 24.6 Å². The topological polar surface area (TPSA) is 47.8 Å². The van der Waals surface area contributed by atoms with Crippen molar-refractivity contribution in [3.8, 4) is 0 Å². The molecule has 2 rings (SSSR count). The second-order valence-electron chi connectivity index (χ2n) is 3.80. The number of benzene rings is 1. The smallest absolute Gasteiger partial charge is 0.214 e. The minimum absolute atomic E-state index is 0.167. The van der Waals surface area contributed by atoms with Crippen LogP contribution in [0, 0.1) is 0 Å². The Kier molecular flexibility index (Phi) is 4.14. The van der Waals surface area contributed by atoms with Crippen molar-refractivity contribution in [3.05, 3.63) is 45.1 Å². The molecule has 0 amide bonds. The molecule has 0 fully saturated rings. The highest BCUT2D eigenvalue weighted by atomic mass is 79.9. The number of carbonyl (C=O) groups excluding carboxylic acids is 1. The summed E-state index contributed by atoms with van der Waals surface area (Å²) >= 11 is 9.37. The third-order valence-electron chi connectivity index (χ3n) is 2.46. The number of ketones is 1. The molecule has 6 heteroatoms. The van der Waals surface area contributed by atoms with Gasteiger partial charge in [-0.2, -0.15) is 0 Å². The summed E-state index contributed by atoms with van der Waals surface area (Å²) in [6.45, 7) is 2.68. The van der Waals surface area contributed by atoms with Crippen LogP contribution in [0.25, 0.3) is 0 Å². The maximum absolute atomic E-state index is 12.4. The Balaban J connectivity index is 2.41. The van der Waals surface area contributed by atoms with E-state index in [-0.39, 0.29) is 5.78 Å². The van der Waals surface area contributed by atoms with Gasteiger partial charge in [-0.15, -0.1) is 5.10 Å². The Hall–Kier alpha value is -1.20. The van der Waals surface area contributed by atoms with Crippen molar-refractivity contribution in [3.63, 3.8) is 0 Å². The first kappa shape index (κ1) is 13.2. The standard InChI is InChI=1S/C12H11BrClN3O/c1-2-5-17-11(7-15-16-17)12(18)9-6-8(13)3-4-10(9)14/h3-4,6-7H,2,5H2,1H3. The van der Waals surface area contributed by atoms with E-state index in [1.54, 1.807) is 22.9 Å². The van der Waals surface area contributed by atoms with Crippen LogP contribution in [0.3, 0.4) is 0 Å². The van der Waals surface area contributed by atoms with Gasteiger partial charge in [0.1, 0.15) is 5.69 Å². The van der Waals surface area contributed by atoms with Crippen molar-refractivity contribution < 1.29 is 4.79 Å². The number of carbonyl (C=O) groups is 1. The quantitative estimate of drug-likeness (QED) is 0.809. The molecule has 0 saturated carbocycles. The average molecular weight is 329 g/mol. The maximum atomic E-state index is 12.4. The molecule has 0 spiro atoms. The third kappa shape index (κ3) is 2.62. The van der Waals surface area contributed by atoms with E-state index < -0.39 is 0 Å². The van der Waals surface area contributed by atoms with Crippen LogP contribution < -0.4 is 0 Å². The van der Waals surface area contributed by atoms with Crippen LogP contribution >= 0.6 is 27.5 Å². The lowest BCUT2D eigenvalue weighted by Gasteiger charge is -2.06. The number of aromatic nitrogens is 3. The molecule has 18 heavy (non-hydrogen) atoms. The molecule has 0 N–H and O–H groups in total. The summed E-state index contributed by atoms with van der Waals surface area (Å²) in [7, 11) is 0. The lowest BCUT2D eigenvalue weighted by atomic mass is 10.1. The summed E-state index contributed by atoms with van der Waals surface area (Å²) in [5, 5.41) is 8.10. The lowest BCUT2D eigenvalue weighted by Crippen LogP contribution is -2.12. The average Bonchev–Trinajstić information content (AvgIpc) is 2.80. The molecule has 0 unspecified atom stereocenters. The van der Waals surface area contributed by atoms with Crippen LogP contribution in [0.15, 0.2) is 28.9 Å². The zero-order valence-corrected chi connectivity index (χ0v) is 12.1. The van der Waals surface area contributed by atoms with E-state index in [0.29, 0.717) is 22.8 Å². The van der Waals surface area contributed by atoms with E-state index in [4.69, 9.17) is 11.6 Å². The maximum Gasteiger partial charge on any atom is 0.214 e. The molecular weight excluding hydrogens is 318 g/mol. The fraction of sp³-hybridized carbons (Fsp3) is 0.250. The van der Waals surface area contributed by atoms with Crippen molar-refractivity contribution >= 4 is 33.3 Å². The molecule has 0 aliphatic rings. The van der Waals surface area contributed by atoms with Crippen molar-refractivity contribution in [1.82, 2.24) is 15.0 Å². The van der Waals surface area contributed by atoms with Crippen LogP contribution in [-0.4, -0.2) is 20.8 Å². The molecule has 4 nitrogen and oxygen atoms in total. The van der Waals surface area contributed by atoms with E-state index in [9.17, 15) is 4.79 Å². The van der Waals surface area contributed by atoms with Crippen LogP contribution in [0.1, 0.15) is 29.4 Å². The Labute approximate surface area is 118 Å². The van der Waals surface area contributed by atoms with Gasteiger partial charge in [-0.3, -0.25) is 4.79 Å². The van der Waals surface area contributed by atoms with Crippen molar-refractivity contribution in [2.45, 2.75) is 19.9 Å². The summed E-state index contributed by atoms with van der Waals surface area (Å²) in [6.07, 6.45) is 2.35. The van der Waals surface area contributed by atoms with E-state index >= 15 is 0 Å². The Bertz CT molecular complexity index is 582. The van der Waals surface area contributed by atoms with Gasteiger partial charge in [0, 0.05) is 16.6 Å². The first-order valence-electron chi connectivity index (χ1n) is 5.51. The molecule has 1 aromatic carbocycles. The second-order valence-corrected chi connectivity index (χ2v) is 5.12. The Morgan fingerprint density at radius 2 is 2.28 bits per heavy atom. The molecular formula is C12H11BrClN3O. The zero-order valence-electron chi connectivity index (χ0n) is 9.73. The van der Waals surface area contributed by atoms with Gasteiger partial charge < -0.3 is 0 Å². The molecule has 0 aliphatic carbocycles. The summed E-state index contributed by atoms with van der Waals surface area (Å²) in [6, 6.07) is 5.18. The summed E-state index contributed by atoms with van der Waals surface area (Å²) < 4.78 is 2.41. The van der Waals surface area contributed by atoms with Gasteiger partial charge in [0.2, 0.25) is 5.78 Å². The number of hydrogen-bond donors (Lipinski definition) is 0. The number of hydrogen-bond acceptors (Lipinski definition) is 3. The lowest BCUT2D eigenvalue weighted by molar-refractivity contribution is 0.102. The highest BCUT2D eigenvalue weighted by Gasteiger charge is 2.18. The summed E-state index contributed by atoms with van der Waals surface area (Å²) in [4.78, 5) is 12.4. The van der Waals surface area contributed by atoms with Gasteiger partial charge in [-0.1, -0.05) is 39.7 Å². The van der Waals surface area contributed by atoms with Crippen molar-refractivity contribution in [2.24, 2.45) is 0 Å². The predicted molar refractivity (Wildman–Crippen MR) is 72.9 cm³/mol. The van der Waals surface area contributed by atoms with E-state index in [2.05, 4.69) is 26.2 Å². The van der Waals surface area contributed by atoms with Crippen molar-refractivity contribution in [1.29, 1.82) is 0 Å². The third-order valence-corrected chi connectivity index (χ3v) is 3.28. The van der Waals surface area contributed by atoms with Gasteiger partial charge >= 0.3 is 0 Å². The fourth-order valence-corrected chi connectivity index (χ4v) is 2.18. The van der Waals surface area contributed by atoms with Gasteiger partial charge in [0.25, 0.3) is 0 Å². The van der Waals surface area contributed by atoms with E-state index in [1.165, 1.54) is 6.20 Å².